The molecule has 1 N–H and O–H groups in total. The lowest BCUT2D eigenvalue weighted by Crippen LogP contribution is -2.27. The number of fused-ring (bicyclic) bond motifs is 1. The molecule has 2 aromatic carbocycles. The monoisotopic (exact) mass is 255 g/mol. The number of benzene rings is 2. The van der Waals surface area contributed by atoms with Gasteiger partial charge in [-0.3, -0.25) is 0 Å². The lowest BCUT2D eigenvalue weighted by atomic mass is 9.92. The third-order valence-electron chi connectivity index (χ3n) is 3.89. The average molecular weight is 255 g/mol. The van der Waals surface area contributed by atoms with Crippen LogP contribution in [-0.4, -0.2) is 13.2 Å². The van der Waals surface area contributed by atoms with Crippen molar-refractivity contribution >= 4 is 10.8 Å². The molecule has 2 aromatic rings. The first kappa shape index (κ1) is 12.5. The van der Waals surface area contributed by atoms with E-state index in [4.69, 9.17) is 4.74 Å². The van der Waals surface area contributed by atoms with Crippen molar-refractivity contribution in [3.63, 3.8) is 0 Å². The second-order valence-corrected chi connectivity index (χ2v) is 5.13. The van der Waals surface area contributed by atoms with Crippen molar-refractivity contribution in [1.29, 1.82) is 0 Å². The molecule has 0 aromatic heterocycles. The van der Waals surface area contributed by atoms with Crippen LogP contribution in [0.2, 0.25) is 0 Å². The van der Waals surface area contributed by atoms with Crippen LogP contribution in [0.5, 0.6) is 5.75 Å². The summed E-state index contributed by atoms with van der Waals surface area (Å²) in [5, 5.41) is 6.27. The molecule has 1 aliphatic rings. The lowest BCUT2D eigenvalue weighted by Gasteiger charge is -2.27. The molecular weight excluding hydrogens is 234 g/mol. The first-order valence-electron chi connectivity index (χ1n) is 7.28. The van der Waals surface area contributed by atoms with Crippen molar-refractivity contribution in [2.24, 2.45) is 0 Å². The van der Waals surface area contributed by atoms with Gasteiger partial charge >= 0.3 is 0 Å². The van der Waals surface area contributed by atoms with E-state index in [1.54, 1.807) is 0 Å². The van der Waals surface area contributed by atoms with Gasteiger partial charge in [0.05, 0.1) is 6.61 Å². The van der Waals surface area contributed by atoms with Crippen LogP contribution < -0.4 is 10.1 Å². The molecule has 0 unspecified atom stereocenters. The summed E-state index contributed by atoms with van der Waals surface area (Å²) in [6.45, 7) is 3.88. The Hall–Kier alpha value is -1.54. The van der Waals surface area contributed by atoms with Gasteiger partial charge in [-0.05, 0) is 43.1 Å². The van der Waals surface area contributed by atoms with Gasteiger partial charge in [0, 0.05) is 11.6 Å². The molecule has 1 saturated heterocycles. The summed E-state index contributed by atoms with van der Waals surface area (Å²) in [6.07, 6.45) is 3.78. The average Bonchev–Trinajstić information content (AvgIpc) is 2.48. The summed E-state index contributed by atoms with van der Waals surface area (Å²) in [4.78, 5) is 0. The maximum Gasteiger partial charge on any atom is 0.124 e. The molecule has 3 rings (SSSR count). The molecule has 0 spiro atoms. The Labute approximate surface area is 114 Å². The zero-order chi connectivity index (χ0) is 13.1. The second-order valence-electron chi connectivity index (χ2n) is 5.13. The SMILES string of the molecule is CCOc1ccc2ccccc2c1[C@H]1CCCCN1. The molecule has 1 heterocycles. The van der Waals surface area contributed by atoms with Gasteiger partial charge in [-0.1, -0.05) is 36.8 Å². The van der Waals surface area contributed by atoms with Gasteiger partial charge in [0.15, 0.2) is 0 Å². The highest BCUT2D eigenvalue weighted by molar-refractivity contribution is 5.88. The first-order chi connectivity index (χ1) is 9.40. The topological polar surface area (TPSA) is 21.3 Å². The molecular formula is C17H21NO. The van der Waals surface area contributed by atoms with Gasteiger partial charge in [-0.2, -0.15) is 0 Å². The molecule has 0 radical (unpaired) electrons. The van der Waals surface area contributed by atoms with Gasteiger partial charge in [0.2, 0.25) is 0 Å². The molecule has 1 atom stereocenters. The predicted octanol–water partition coefficient (Wildman–Crippen LogP) is 4.05. The van der Waals surface area contributed by atoms with Crippen LogP contribution in [0.25, 0.3) is 10.8 Å². The zero-order valence-corrected chi connectivity index (χ0v) is 11.5. The Balaban J connectivity index is 2.13. The Morgan fingerprint density at radius 2 is 2.05 bits per heavy atom. The summed E-state index contributed by atoms with van der Waals surface area (Å²) < 4.78 is 5.86. The summed E-state index contributed by atoms with van der Waals surface area (Å²) in [5.74, 6) is 1.04. The molecule has 2 nitrogen and oxygen atoms in total. The van der Waals surface area contributed by atoms with E-state index in [9.17, 15) is 0 Å². The fourth-order valence-electron chi connectivity index (χ4n) is 3.01. The molecule has 1 aliphatic heterocycles. The molecule has 2 heteroatoms. The third-order valence-corrected chi connectivity index (χ3v) is 3.89. The zero-order valence-electron chi connectivity index (χ0n) is 11.5. The summed E-state index contributed by atoms with van der Waals surface area (Å²) in [6, 6.07) is 13.3. The van der Waals surface area contributed by atoms with Gasteiger partial charge in [-0.15, -0.1) is 0 Å². The van der Waals surface area contributed by atoms with Crippen molar-refractivity contribution in [3.05, 3.63) is 42.0 Å². The van der Waals surface area contributed by atoms with E-state index in [2.05, 4.69) is 41.7 Å². The van der Waals surface area contributed by atoms with E-state index in [1.807, 2.05) is 6.92 Å². The number of rotatable bonds is 3. The van der Waals surface area contributed by atoms with E-state index in [1.165, 1.54) is 35.6 Å². The second kappa shape index (κ2) is 5.62. The van der Waals surface area contributed by atoms with Crippen LogP contribution in [0.4, 0.5) is 0 Å². The van der Waals surface area contributed by atoms with Gasteiger partial charge in [-0.25, -0.2) is 0 Å². The van der Waals surface area contributed by atoms with E-state index < -0.39 is 0 Å². The number of hydrogen-bond donors (Lipinski definition) is 1. The molecule has 100 valence electrons. The van der Waals surface area contributed by atoms with Crippen molar-refractivity contribution in [1.82, 2.24) is 5.32 Å². The fourth-order valence-corrected chi connectivity index (χ4v) is 3.01. The van der Waals surface area contributed by atoms with Crippen LogP contribution in [0, 0.1) is 0 Å². The first-order valence-corrected chi connectivity index (χ1v) is 7.28. The number of nitrogens with one attached hydrogen (secondary N) is 1. The van der Waals surface area contributed by atoms with E-state index in [-0.39, 0.29) is 0 Å². The minimum Gasteiger partial charge on any atom is -0.494 e. The lowest BCUT2D eigenvalue weighted by molar-refractivity contribution is 0.325. The fraction of sp³-hybridized carbons (Fsp3) is 0.412. The van der Waals surface area contributed by atoms with E-state index in [0.29, 0.717) is 6.04 Å². The minimum atomic E-state index is 0.432. The van der Waals surface area contributed by atoms with Gasteiger partial charge in [0.1, 0.15) is 5.75 Å². The van der Waals surface area contributed by atoms with Gasteiger partial charge in [0.25, 0.3) is 0 Å². The van der Waals surface area contributed by atoms with Crippen LogP contribution in [-0.2, 0) is 0 Å². The molecule has 19 heavy (non-hydrogen) atoms. The van der Waals surface area contributed by atoms with Crippen molar-refractivity contribution in [2.75, 3.05) is 13.2 Å². The van der Waals surface area contributed by atoms with Crippen LogP contribution in [0.1, 0.15) is 37.8 Å². The van der Waals surface area contributed by atoms with Crippen LogP contribution in [0.15, 0.2) is 36.4 Å². The van der Waals surface area contributed by atoms with E-state index >= 15 is 0 Å². The molecule has 0 aliphatic carbocycles. The smallest absolute Gasteiger partial charge is 0.124 e. The number of hydrogen-bond acceptors (Lipinski definition) is 2. The summed E-state index contributed by atoms with van der Waals surface area (Å²) >= 11 is 0. The normalized spacial score (nSPS) is 19.5. The highest BCUT2D eigenvalue weighted by Crippen LogP contribution is 2.36. The van der Waals surface area contributed by atoms with E-state index in [0.717, 1.165) is 18.9 Å². The Kier molecular flexibility index (Phi) is 3.69. The molecule has 0 bridgehead atoms. The molecule has 1 fully saturated rings. The van der Waals surface area contributed by atoms with Crippen molar-refractivity contribution < 1.29 is 4.74 Å². The maximum absolute atomic E-state index is 5.86. The Morgan fingerprint density at radius 3 is 2.84 bits per heavy atom. The number of ether oxygens (including phenoxy) is 1. The summed E-state index contributed by atoms with van der Waals surface area (Å²) in [7, 11) is 0. The standard InChI is InChI=1S/C17H21NO/c1-2-19-16-11-10-13-7-3-4-8-14(13)17(16)15-9-5-6-12-18-15/h3-4,7-8,10-11,15,18H,2,5-6,9,12H2,1H3/t15-/m1/s1. The predicted molar refractivity (Wildman–Crippen MR) is 79.7 cm³/mol. The number of piperidine rings is 1. The molecule has 0 amide bonds. The Morgan fingerprint density at radius 1 is 1.16 bits per heavy atom. The largest absolute Gasteiger partial charge is 0.494 e. The molecule has 0 saturated carbocycles. The highest BCUT2D eigenvalue weighted by Gasteiger charge is 2.21. The minimum absolute atomic E-state index is 0.432. The Bertz CT molecular complexity index is 558. The quantitative estimate of drug-likeness (QED) is 0.893. The van der Waals surface area contributed by atoms with Crippen molar-refractivity contribution in [3.8, 4) is 5.75 Å². The van der Waals surface area contributed by atoms with Gasteiger partial charge < -0.3 is 10.1 Å². The van der Waals surface area contributed by atoms with Crippen LogP contribution >= 0.6 is 0 Å². The van der Waals surface area contributed by atoms with Crippen LogP contribution in [0.3, 0.4) is 0 Å². The summed E-state index contributed by atoms with van der Waals surface area (Å²) in [5.41, 5.74) is 1.35. The van der Waals surface area contributed by atoms with Crippen molar-refractivity contribution in [2.45, 2.75) is 32.2 Å². The highest BCUT2D eigenvalue weighted by atomic mass is 16.5. The third kappa shape index (κ3) is 2.45. The maximum atomic E-state index is 5.86.